The van der Waals surface area contributed by atoms with Crippen LogP contribution in [-0.4, -0.2) is 44.9 Å². The average molecular weight is 346 g/mol. The molecule has 122 valence electrons. The number of benzene rings is 1. The fourth-order valence-corrected chi connectivity index (χ4v) is 2.79. The Morgan fingerprint density at radius 1 is 1.36 bits per heavy atom. The van der Waals surface area contributed by atoms with Gasteiger partial charge in [-0.1, -0.05) is 29.3 Å². The Morgan fingerprint density at radius 2 is 2.18 bits per heavy atom. The molecule has 0 aromatic heterocycles. The van der Waals surface area contributed by atoms with Crippen LogP contribution in [-0.2, 0) is 4.74 Å². The standard InChI is InChI=1S/C15H21Cl2N3O2/c1-2-19-15(21)20-9-14-11(8-18-5-6-22-14)10-3-4-12(16)13(17)7-10/h3-4,7,11,14,18H,2,5-6,8-9H2,1H3,(H2,19,20,21)/t11-,14+/m1/s1. The summed E-state index contributed by atoms with van der Waals surface area (Å²) in [5.41, 5.74) is 1.05. The van der Waals surface area contributed by atoms with Crippen molar-refractivity contribution in [3.8, 4) is 0 Å². The van der Waals surface area contributed by atoms with Crippen molar-refractivity contribution >= 4 is 29.2 Å². The quantitative estimate of drug-likeness (QED) is 0.785. The smallest absolute Gasteiger partial charge is 0.314 e. The molecule has 1 fully saturated rings. The Morgan fingerprint density at radius 3 is 2.91 bits per heavy atom. The van der Waals surface area contributed by atoms with E-state index in [2.05, 4.69) is 16.0 Å². The SMILES string of the molecule is CCNC(=O)NC[C@@H]1OCCNC[C@@H]1c1ccc(Cl)c(Cl)c1. The summed E-state index contributed by atoms with van der Waals surface area (Å²) in [6.07, 6.45) is -0.116. The van der Waals surface area contributed by atoms with Crippen LogP contribution in [0.5, 0.6) is 0 Å². The monoisotopic (exact) mass is 345 g/mol. The number of rotatable bonds is 4. The highest BCUT2D eigenvalue weighted by atomic mass is 35.5. The first-order valence-corrected chi connectivity index (χ1v) is 8.16. The molecule has 5 nitrogen and oxygen atoms in total. The van der Waals surface area contributed by atoms with E-state index in [4.69, 9.17) is 27.9 Å². The van der Waals surface area contributed by atoms with Crippen LogP contribution in [0.1, 0.15) is 18.4 Å². The summed E-state index contributed by atoms with van der Waals surface area (Å²) in [6.45, 7) is 5.08. The number of amides is 2. The predicted molar refractivity (Wildman–Crippen MR) is 88.9 cm³/mol. The minimum atomic E-state index is -0.184. The molecule has 1 aliphatic rings. The highest BCUT2D eigenvalue weighted by Gasteiger charge is 2.26. The Hall–Kier alpha value is -1.01. The van der Waals surface area contributed by atoms with Crippen LogP contribution in [0.2, 0.25) is 10.0 Å². The largest absolute Gasteiger partial charge is 0.374 e. The van der Waals surface area contributed by atoms with Crippen LogP contribution in [0, 0.1) is 0 Å². The third-order valence-corrected chi connectivity index (χ3v) is 4.34. The van der Waals surface area contributed by atoms with Gasteiger partial charge in [-0.2, -0.15) is 0 Å². The van der Waals surface area contributed by atoms with Crippen LogP contribution >= 0.6 is 23.2 Å². The molecule has 7 heteroatoms. The Balaban J connectivity index is 2.09. The fraction of sp³-hybridized carbons (Fsp3) is 0.533. The van der Waals surface area contributed by atoms with Gasteiger partial charge >= 0.3 is 6.03 Å². The molecule has 1 saturated heterocycles. The molecule has 1 heterocycles. The van der Waals surface area contributed by atoms with Gasteiger partial charge in [-0.15, -0.1) is 0 Å². The van der Waals surface area contributed by atoms with E-state index >= 15 is 0 Å². The number of carbonyl (C=O) groups excluding carboxylic acids is 1. The molecule has 0 spiro atoms. The predicted octanol–water partition coefficient (Wildman–Crippen LogP) is 2.38. The molecule has 1 aromatic rings. The third-order valence-electron chi connectivity index (χ3n) is 3.60. The normalized spacial score (nSPS) is 22.0. The second-order valence-corrected chi connectivity index (χ2v) is 5.95. The van der Waals surface area contributed by atoms with E-state index in [0.29, 0.717) is 29.7 Å². The van der Waals surface area contributed by atoms with Crippen molar-refractivity contribution in [2.24, 2.45) is 0 Å². The van der Waals surface area contributed by atoms with Gasteiger partial charge in [-0.3, -0.25) is 0 Å². The average Bonchev–Trinajstić information content (AvgIpc) is 2.74. The van der Waals surface area contributed by atoms with Crippen molar-refractivity contribution in [2.45, 2.75) is 18.9 Å². The minimum Gasteiger partial charge on any atom is -0.374 e. The molecule has 2 atom stereocenters. The number of ether oxygens (including phenoxy) is 1. The summed E-state index contributed by atoms with van der Waals surface area (Å²) in [5, 5.41) is 9.96. The lowest BCUT2D eigenvalue weighted by atomic mass is 9.93. The van der Waals surface area contributed by atoms with Crippen LogP contribution in [0.25, 0.3) is 0 Å². The molecule has 0 saturated carbocycles. The lowest BCUT2D eigenvalue weighted by Gasteiger charge is -2.25. The van der Waals surface area contributed by atoms with E-state index < -0.39 is 0 Å². The first-order valence-electron chi connectivity index (χ1n) is 7.40. The molecule has 2 amide bonds. The Kier molecular flexibility index (Phi) is 6.76. The third kappa shape index (κ3) is 4.74. The maximum Gasteiger partial charge on any atom is 0.314 e. The Labute approximate surface area is 140 Å². The number of carbonyl (C=O) groups is 1. The molecule has 2 rings (SSSR count). The highest BCUT2D eigenvalue weighted by Crippen LogP contribution is 2.29. The van der Waals surface area contributed by atoms with Crippen molar-refractivity contribution in [2.75, 3.05) is 32.8 Å². The number of nitrogens with one attached hydrogen (secondary N) is 3. The molecule has 0 unspecified atom stereocenters. The lowest BCUT2D eigenvalue weighted by Crippen LogP contribution is -2.42. The van der Waals surface area contributed by atoms with E-state index in [1.54, 1.807) is 6.07 Å². The second-order valence-electron chi connectivity index (χ2n) is 5.13. The molecule has 1 aliphatic heterocycles. The summed E-state index contributed by atoms with van der Waals surface area (Å²) < 4.78 is 5.89. The number of hydrogen-bond acceptors (Lipinski definition) is 3. The molecular weight excluding hydrogens is 325 g/mol. The van der Waals surface area contributed by atoms with Crippen molar-refractivity contribution in [3.63, 3.8) is 0 Å². The van der Waals surface area contributed by atoms with Gasteiger partial charge in [0.25, 0.3) is 0 Å². The molecule has 0 bridgehead atoms. The van der Waals surface area contributed by atoms with E-state index in [-0.39, 0.29) is 18.1 Å². The van der Waals surface area contributed by atoms with Crippen LogP contribution in [0.4, 0.5) is 4.79 Å². The van der Waals surface area contributed by atoms with Gasteiger partial charge in [0.05, 0.1) is 22.8 Å². The van der Waals surface area contributed by atoms with Crippen LogP contribution < -0.4 is 16.0 Å². The highest BCUT2D eigenvalue weighted by molar-refractivity contribution is 6.42. The van der Waals surface area contributed by atoms with Gasteiger partial charge in [0.15, 0.2) is 0 Å². The summed E-state index contributed by atoms with van der Waals surface area (Å²) in [6, 6.07) is 5.42. The maximum absolute atomic E-state index is 11.6. The second kappa shape index (κ2) is 8.58. The van der Waals surface area contributed by atoms with Gasteiger partial charge in [-0.25, -0.2) is 4.79 Å². The Bertz CT molecular complexity index is 514. The molecular formula is C15H21Cl2N3O2. The lowest BCUT2D eigenvalue weighted by molar-refractivity contribution is 0.0539. The molecule has 0 aliphatic carbocycles. The van der Waals surface area contributed by atoms with Gasteiger partial charge < -0.3 is 20.7 Å². The summed E-state index contributed by atoms with van der Waals surface area (Å²) in [5.74, 6) is 0.0965. The fourth-order valence-electron chi connectivity index (χ4n) is 2.48. The van der Waals surface area contributed by atoms with Gasteiger partial charge in [0, 0.05) is 32.1 Å². The van der Waals surface area contributed by atoms with Gasteiger partial charge in [-0.05, 0) is 24.6 Å². The van der Waals surface area contributed by atoms with Crippen molar-refractivity contribution < 1.29 is 9.53 Å². The van der Waals surface area contributed by atoms with Crippen molar-refractivity contribution in [1.29, 1.82) is 0 Å². The molecule has 22 heavy (non-hydrogen) atoms. The van der Waals surface area contributed by atoms with E-state index in [1.807, 2.05) is 19.1 Å². The van der Waals surface area contributed by atoms with E-state index in [1.165, 1.54) is 0 Å². The molecule has 0 radical (unpaired) electrons. The molecule has 1 aromatic carbocycles. The summed E-state index contributed by atoms with van der Waals surface area (Å²) >= 11 is 12.1. The number of hydrogen-bond donors (Lipinski definition) is 3. The first-order chi connectivity index (χ1) is 10.6. The van der Waals surface area contributed by atoms with E-state index in [0.717, 1.165) is 18.7 Å². The van der Waals surface area contributed by atoms with Crippen molar-refractivity contribution in [3.05, 3.63) is 33.8 Å². The van der Waals surface area contributed by atoms with Gasteiger partial charge in [0.2, 0.25) is 0 Å². The molecule has 3 N–H and O–H groups in total. The number of urea groups is 1. The summed E-state index contributed by atoms with van der Waals surface area (Å²) in [7, 11) is 0. The van der Waals surface area contributed by atoms with E-state index in [9.17, 15) is 4.79 Å². The topological polar surface area (TPSA) is 62.4 Å². The zero-order valence-electron chi connectivity index (χ0n) is 12.5. The maximum atomic E-state index is 11.6. The number of halogens is 2. The van der Waals surface area contributed by atoms with Crippen LogP contribution in [0.3, 0.4) is 0 Å². The van der Waals surface area contributed by atoms with Crippen LogP contribution in [0.15, 0.2) is 18.2 Å². The zero-order valence-corrected chi connectivity index (χ0v) is 14.0. The minimum absolute atomic E-state index is 0.0965. The van der Waals surface area contributed by atoms with Crippen molar-refractivity contribution in [1.82, 2.24) is 16.0 Å². The zero-order chi connectivity index (χ0) is 15.9. The summed E-state index contributed by atoms with van der Waals surface area (Å²) in [4.78, 5) is 11.6. The van der Waals surface area contributed by atoms with Gasteiger partial charge in [0.1, 0.15) is 0 Å². The first kappa shape index (κ1) is 17.3.